The van der Waals surface area contributed by atoms with Gasteiger partial charge in [0.2, 0.25) is 18.2 Å². The number of benzene rings is 1. The number of nitrogens with one attached hydrogen (secondary N) is 3. The first kappa shape index (κ1) is 27.8. The number of carbonyl (C=O) groups is 2. The number of amides is 2. The summed E-state index contributed by atoms with van der Waals surface area (Å²) >= 11 is 1.34. The number of rotatable bonds is 9. The van der Waals surface area contributed by atoms with Gasteiger partial charge in [0.15, 0.2) is 0 Å². The highest BCUT2D eigenvalue weighted by atomic mass is 32.1. The van der Waals surface area contributed by atoms with Gasteiger partial charge in [-0.05, 0) is 64.2 Å². The number of thiophene rings is 1. The summed E-state index contributed by atoms with van der Waals surface area (Å²) in [7, 11) is 0. The lowest BCUT2D eigenvalue weighted by Crippen LogP contribution is -2.58. The van der Waals surface area contributed by atoms with Crippen LogP contribution in [-0.4, -0.2) is 58.3 Å². The first-order chi connectivity index (χ1) is 16.9. The summed E-state index contributed by atoms with van der Waals surface area (Å²) in [4.78, 5) is 29.2. The van der Waals surface area contributed by atoms with Gasteiger partial charge < -0.3 is 26.2 Å². The molecule has 0 bridgehead atoms. The lowest BCUT2D eigenvalue weighted by molar-refractivity contribution is -0.251. The molecule has 0 radical (unpaired) electrons. The molecule has 0 saturated carbocycles. The van der Waals surface area contributed by atoms with Gasteiger partial charge in [0.25, 0.3) is 0 Å². The number of aliphatic hydroxyl groups is 1. The molecule has 9 nitrogen and oxygen atoms in total. The normalized spacial score (nSPS) is 20.4. The Morgan fingerprint density at radius 1 is 1.25 bits per heavy atom. The average Bonchev–Trinajstić information content (AvgIpc) is 3.31. The predicted octanol–water partition coefficient (Wildman–Crippen LogP) is 2.49. The maximum atomic E-state index is 13.4. The molecule has 1 aromatic heterocycles. The number of ether oxygens (including phenoxy) is 1. The molecule has 4 atom stereocenters. The summed E-state index contributed by atoms with van der Waals surface area (Å²) < 4.78 is 5.76. The van der Waals surface area contributed by atoms with Crippen LogP contribution in [-0.2, 0) is 20.9 Å². The standard InChI is InChI=1S/C26H37N5O4S/c1-16(23(32)29-15-19-10-11-21(36-19)22(27)28)30-24(33)20-14-18(17-8-6-5-7-9-17)12-13-31(20)25(34)35-26(2,3)4/h5-11,16,18,20,25,34H,12-15H2,1-4H3,(H3,27,28)(H,29,32)(H,30,33)/t16-,18-,20+,25?/m0/s1. The van der Waals surface area contributed by atoms with E-state index < -0.39 is 24.1 Å². The highest BCUT2D eigenvalue weighted by molar-refractivity contribution is 7.14. The fourth-order valence-electron chi connectivity index (χ4n) is 4.24. The molecule has 3 rings (SSSR count). The Hall–Kier alpha value is -2.79. The number of nitrogen functional groups attached to an aromatic ring is 1. The van der Waals surface area contributed by atoms with Crippen LogP contribution in [0.3, 0.4) is 0 Å². The second-order valence-corrected chi connectivity index (χ2v) is 11.2. The maximum absolute atomic E-state index is 13.4. The van der Waals surface area contributed by atoms with Crippen LogP contribution in [0.2, 0.25) is 0 Å². The summed E-state index contributed by atoms with van der Waals surface area (Å²) in [5.74, 6) is -0.514. The van der Waals surface area contributed by atoms with Crippen LogP contribution in [0.1, 0.15) is 61.8 Å². The van der Waals surface area contributed by atoms with Crippen molar-refractivity contribution >= 4 is 29.0 Å². The topological polar surface area (TPSA) is 141 Å². The molecule has 10 heteroatoms. The minimum absolute atomic E-state index is 0.0123. The van der Waals surface area contributed by atoms with Crippen LogP contribution in [0.25, 0.3) is 0 Å². The third-order valence-electron chi connectivity index (χ3n) is 6.08. The van der Waals surface area contributed by atoms with E-state index in [0.717, 1.165) is 16.9 Å². The van der Waals surface area contributed by atoms with Crippen molar-refractivity contribution < 1.29 is 19.4 Å². The van der Waals surface area contributed by atoms with Gasteiger partial charge in [-0.15, -0.1) is 11.3 Å². The van der Waals surface area contributed by atoms with Crippen molar-refractivity contribution in [3.63, 3.8) is 0 Å². The number of amidine groups is 1. The first-order valence-electron chi connectivity index (χ1n) is 12.1. The number of nitrogens with two attached hydrogens (primary N) is 1. The third kappa shape index (κ3) is 7.60. The molecule has 1 fully saturated rings. The SMILES string of the molecule is C[C@H](NC(=O)[C@H]1C[C@@H](c2ccccc2)CCN1C(O)OC(C)(C)C)C(=O)NCc1ccc(C(=N)N)s1. The first-order valence-corrected chi connectivity index (χ1v) is 12.9. The highest BCUT2D eigenvalue weighted by Gasteiger charge is 2.39. The summed E-state index contributed by atoms with van der Waals surface area (Å²) in [5, 5.41) is 23.9. The van der Waals surface area contributed by atoms with E-state index in [4.69, 9.17) is 15.9 Å². The van der Waals surface area contributed by atoms with Crippen molar-refractivity contribution in [2.24, 2.45) is 5.73 Å². The summed E-state index contributed by atoms with van der Waals surface area (Å²) in [6.45, 7) is 7.93. The van der Waals surface area contributed by atoms with E-state index in [0.29, 0.717) is 17.8 Å². The van der Waals surface area contributed by atoms with Crippen LogP contribution < -0.4 is 16.4 Å². The molecule has 2 amide bonds. The monoisotopic (exact) mass is 515 g/mol. The van der Waals surface area contributed by atoms with Crippen LogP contribution in [0.15, 0.2) is 42.5 Å². The Labute approximate surface area is 216 Å². The molecular weight excluding hydrogens is 478 g/mol. The molecule has 6 N–H and O–H groups in total. The smallest absolute Gasteiger partial charge is 0.242 e. The van der Waals surface area contributed by atoms with E-state index in [1.165, 1.54) is 11.3 Å². The van der Waals surface area contributed by atoms with E-state index in [2.05, 4.69) is 22.8 Å². The van der Waals surface area contributed by atoms with E-state index in [-0.39, 0.29) is 30.1 Å². The van der Waals surface area contributed by atoms with E-state index in [1.54, 1.807) is 17.9 Å². The molecule has 1 unspecified atom stereocenters. The van der Waals surface area contributed by atoms with Gasteiger partial charge in [0.05, 0.1) is 23.1 Å². The van der Waals surface area contributed by atoms with Crippen LogP contribution in [0.4, 0.5) is 0 Å². The van der Waals surface area contributed by atoms with Crippen molar-refractivity contribution in [1.82, 2.24) is 15.5 Å². The molecular formula is C26H37N5O4S. The Morgan fingerprint density at radius 3 is 2.56 bits per heavy atom. The van der Waals surface area contributed by atoms with Gasteiger partial charge in [-0.1, -0.05) is 30.3 Å². The molecule has 1 aliphatic rings. The van der Waals surface area contributed by atoms with Gasteiger partial charge in [0.1, 0.15) is 11.9 Å². The predicted molar refractivity (Wildman–Crippen MR) is 141 cm³/mol. The van der Waals surface area contributed by atoms with E-state index >= 15 is 0 Å². The number of piperidine rings is 1. The number of carbonyl (C=O) groups excluding carboxylic acids is 2. The minimum atomic E-state index is -1.24. The Balaban J connectivity index is 1.66. The van der Waals surface area contributed by atoms with E-state index in [9.17, 15) is 14.7 Å². The lowest BCUT2D eigenvalue weighted by Gasteiger charge is -2.42. The minimum Gasteiger partial charge on any atom is -0.383 e. The molecule has 1 aliphatic heterocycles. The highest BCUT2D eigenvalue weighted by Crippen LogP contribution is 2.33. The maximum Gasteiger partial charge on any atom is 0.242 e. The third-order valence-corrected chi connectivity index (χ3v) is 7.19. The molecule has 0 aliphatic carbocycles. The number of hydrogen-bond acceptors (Lipinski definition) is 7. The van der Waals surface area contributed by atoms with Crippen molar-refractivity contribution in [2.45, 2.75) is 77.1 Å². The number of likely N-dealkylation sites (tertiary alicyclic amines) is 1. The summed E-state index contributed by atoms with van der Waals surface area (Å²) in [6.07, 6.45) is 0.0331. The molecule has 2 heterocycles. The zero-order valence-corrected chi connectivity index (χ0v) is 22.1. The quantitative estimate of drug-likeness (QED) is 0.197. The molecule has 1 saturated heterocycles. The molecule has 36 heavy (non-hydrogen) atoms. The number of aliphatic hydroxyl groups excluding tert-OH is 1. The fraction of sp³-hybridized carbons (Fsp3) is 0.500. The van der Waals surface area contributed by atoms with Crippen molar-refractivity contribution in [3.8, 4) is 0 Å². The lowest BCUT2D eigenvalue weighted by atomic mass is 9.85. The molecule has 0 spiro atoms. The summed E-state index contributed by atoms with van der Waals surface area (Å²) in [5.41, 5.74) is 6.05. The van der Waals surface area contributed by atoms with E-state index in [1.807, 2.05) is 45.0 Å². The second-order valence-electron chi connectivity index (χ2n) is 10.1. The Kier molecular flexibility index (Phi) is 9.24. The average molecular weight is 516 g/mol. The zero-order chi connectivity index (χ0) is 26.5. The van der Waals surface area contributed by atoms with Crippen molar-refractivity contribution in [2.75, 3.05) is 6.54 Å². The van der Waals surface area contributed by atoms with Crippen LogP contribution in [0.5, 0.6) is 0 Å². The largest absolute Gasteiger partial charge is 0.383 e. The van der Waals surface area contributed by atoms with Crippen LogP contribution >= 0.6 is 11.3 Å². The molecule has 1 aromatic carbocycles. The second kappa shape index (κ2) is 12.0. The van der Waals surface area contributed by atoms with Crippen molar-refractivity contribution in [1.29, 1.82) is 5.41 Å². The van der Waals surface area contributed by atoms with Gasteiger partial charge in [0, 0.05) is 11.4 Å². The van der Waals surface area contributed by atoms with Gasteiger partial charge >= 0.3 is 0 Å². The fourth-order valence-corrected chi connectivity index (χ4v) is 5.05. The summed E-state index contributed by atoms with van der Waals surface area (Å²) in [6, 6.07) is 12.1. The Morgan fingerprint density at radius 2 is 1.94 bits per heavy atom. The van der Waals surface area contributed by atoms with Crippen molar-refractivity contribution in [3.05, 3.63) is 57.8 Å². The molecule has 196 valence electrons. The van der Waals surface area contributed by atoms with Gasteiger partial charge in [-0.3, -0.25) is 15.0 Å². The molecule has 2 aromatic rings. The van der Waals surface area contributed by atoms with Gasteiger partial charge in [-0.2, -0.15) is 0 Å². The Bertz CT molecular complexity index is 1050. The number of nitrogens with zero attached hydrogens (tertiary/aromatic N) is 1. The number of hydrogen-bond donors (Lipinski definition) is 5. The zero-order valence-electron chi connectivity index (χ0n) is 21.3. The van der Waals surface area contributed by atoms with Gasteiger partial charge in [-0.25, -0.2) is 4.90 Å². The van der Waals surface area contributed by atoms with Crippen LogP contribution in [0, 0.1) is 5.41 Å².